The minimum Gasteiger partial charge on any atom is -0.480 e. The Morgan fingerprint density at radius 2 is 2.13 bits per heavy atom. The van der Waals surface area contributed by atoms with Crippen molar-refractivity contribution in [1.82, 2.24) is 20.2 Å². The van der Waals surface area contributed by atoms with Crippen molar-refractivity contribution < 1.29 is 4.74 Å². The topological polar surface area (TPSA) is 65.9 Å². The van der Waals surface area contributed by atoms with Gasteiger partial charge in [0.15, 0.2) is 5.96 Å². The van der Waals surface area contributed by atoms with Gasteiger partial charge in [-0.3, -0.25) is 4.99 Å². The van der Waals surface area contributed by atoms with Crippen LogP contribution in [0.25, 0.3) is 0 Å². The molecule has 7 nitrogen and oxygen atoms in total. The van der Waals surface area contributed by atoms with E-state index in [2.05, 4.69) is 46.0 Å². The standard InChI is InChI=1S/C15H23BrN6O/c1-17-14(18-9-11-3-4-11)21-5-7-22(8-6-21)15-19-10-12(16)13(20-15)23-2/h10-11H,3-9H2,1-2H3,(H,17,18). The van der Waals surface area contributed by atoms with Crippen molar-refractivity contribution >= 4 is 27.8 Å². The zero-order valence-corrected chi connectivity index (χ0v) is 15.2. The van der Waals surface area contributed by atoms with E-state index >= 15 is 0 Å². The number of hydrogen-bond donors (Lipinski definition) is 1. The Labute approximate surface area is 145 Å². The van der Waals surface area contributed by atoms with Crippen LogP contribution in [-0.2, 0) is 0 Å². The van der Waals surface area contributed by atoms with Crippen molar-refractivity contribution in [2.45, 2.75) is 12.8 Å². The lowest BCUT2D eigenvalue weighted by Gasteiger charge is -2.36. The number of ether oxygens (including phenoxy) is 1. The highest BCUT2D eigenvalue weighted by Gasteiger charge is 2.25. The lowest BCUT2D eigenvalue weighted by Crippen LogP contribution is -2.53. The first-order chi connectivity index (χ1) is 11.2. The van der Waals surface area contributed by atoms with Crippen LogP contribution in [0, 0.1) is 5.92 Å². The molecule has 2 aliphatic rings. The van der Waals surface area contributed by atoms with Crippen LogP contribution in [-0.4, -0.2) is 67.7 Å². The Kier molecular flexibility index (Phi) is 5.20. The van der Waals surface area contributed by atoms with Crippen LogP contribution in [0.3, 0.4) is 0 Å². The van der Waals surface area contributed by atoms with E-state index in [4.69, 9.17) is 4.74 Å². The van der Waals surface area contributed by atoms with Crippen LogP contribution in [0.4, 0.5) is 5.95 Å². The number of aliphatic imine (C=N–C) groups is 1. The smallest absolute Gasteiger partial charge is 0.232 e. The molecule has 1 aromatic heterocycles. The number of anilines is 1. The minimum atomic E-state index is 0.569. The zero-order chi connectivity index (χ0) is 16.2. The number of aromatic nitrogens is 2. The normalized spacial score (nSPS) is 19.0. The quantitative estimate of drug-likeness (QED) is 0.626. The molecule has 0 spiro atoms. The van der Waals surface area contributed by atoms with Gasteiger partial charge >= 0.3 is 0 Å². The molecular formula is C15H23BrN6O. The Balaban J connectivity index is 1.56. The van der Waals surface area contributed by atoms with Crippen LogP contribution in [0.15, 0.2) is 15.7 Å². The maximum atomic E-state index is 5.25. The molecule has 0 amide bonds. The molecule has 126 valence electrons. The molecule has 0 aromatic carbocycles. The van der Waals surface area contributed by atoms with E-state index in [0.29, 0.717) is 11.8 Å². The summed E-state index contributed by atoms with van der Waals surface area (Å²) < 4.78 is 6.02. The molecule has 1 aliphatic heterocycles. The monoisotopic (exact) mass is 382 g/mol. The van der Waals surface area contributed by atoms with Crippen molar-refractivity contribution in [1.29, 1.82) is 0 Å². The largest absolute Gasteiger partial charge is 0.480 e. The van der Waals surface area contributed by atoms with E-state index in [0.717, 1.165) is 49.1 Å². The van der Waals surface area contributed by atoms with Crippen molar-refractivity contribution in [2.75, 3.05) is 51.8 Å². The zero-order valence-electron chi connectivity index (χ0n) is 13.6. The van der Waals surface area contributed by atoms with Crippen molar-refractivity contribution in [2.24, 2.45) is 10.9 Å². The summed E-state index contributed by atoms with van der Waals surface area (Å²) in [6, 6.07) is 0. The highest BCUT2D eigenvalue weighted by molar-refractivity contribution is 9.10. The van der Waals surface area contributed by atoms with E-state index < -0.39 is 0 Å². The van der Waals surface area contributed by atoms with E-state index in [-0.39, 0.29) is 0 Å². The molecule has 1 saturated carbocycles. The molecule has 1 N–H and O–H groups in total. The summed E-state index contributed by atoms with van der Waals surface area (Å²) in [6.07, 6.45) is 4.44. The molecule has 3 rings (SSSR count). The summed E-state index contributed by atoms with van der Waals surface area (Å²) in [5, 5.41) is 3.48. The van der Waals surface area contributed by atoms with Gasteiger partial charge in [-0.1, -0.05) is 0 Å². The lowest BCUT2D eigenvalue weighted by atomic mass is 10.3. The van der Waals surface area contributed by atoms with Gasteiger partial charge < -0.3 is 19.9 Å². The predicted octanol–water partition coefficient (Wildman–Crippen LogP) is 1.36. The van der Waals surface area contributed by atoms with Gasteiger partial charge in [-0.05, 0) is 34.7 Å². The summed E-state index contributed by atoms with van der Waals surface area (Å²) in [6.45, 7) is 4.60. The minimum absolute atomic E-state index is 0.569. The highest BCUT2D eigenvalue weighted by Crippen LogP contribution is 2.27. The fourth-order valence-electron chi connectivity index (χ4n) is 2.65. The summed E-state index contributed by atoms with van der Waals surface area (Å²) in [7, 11) is 3.47. The fourth-order valence-corrected chi connectivity index (χ4v) is 3.00. The van der Waals surface area contributed by atoms with Gasteiger partial charge in [0.2, 0.25) is 11.8 Å². The van der Waals surface area contributed by atoms with Crippen molar-refractivity contribution in [3.05, 3.63) is 10.7 Å². The van der Waals surface area contributed by atoms with Gasteiger partial charge in [0, 0.05) is 39.8 Å². The van der Waals surface area contributed by atoms with Gasteiger partial charge in [-0.15, -0.1) is 0 Å². The van der Waals surface area contributed by atoms with Gasteiger partial charge in [0.1, 0.15) is 0 Å². The van der Waals surface area contributed by atoms with E-state index in [1.807, 2.05) is 7.05 Å². The molecule has 2 heterocycles. The van der Waals surface area contributed by atoms with Crippen molar-refractivity contribution in [3.63, 3.8) is 0 Å². The first-order valence-electron chi connectivity index (χ1n) is 7.98. The number of rotatable bonds is 4. The molecule has 1 saturated heterocycles. The van der Waals surface area contributed by atoms with Gasteiger partial charge in [-0.2, -0.15) is 4.98 Å². The second-order valence-electron chi connectivity index (χ2n) is 5.87. The molecule has 0 atom stereocenters. The average Bonchev–Trinajstić information content (AvgIpc) is 3.41. The molecule has 23 heavy (non-hydrogen) atoms. The first kappa shape index (κ1) is 16.3. The molecule has 2 fully saturated rings. The van der Waals surface area contributed by atoms with Gasteiger partial charge in [0.05, 0.1) is 17.8 Å². The third kappa shape index (κ3) is 4.04. The number of hydrogen-bond acceptors (Lipinski definition) is 5. The van der Waals surface area contributed by atoms with Gasteiger partial charge in [-0.25, -0.2) is 4.98 Å². The number of nitrogens with one attached hydrogen (secondary N) is 1. The SMILES string of the molecule is CN=C(NCC1CC1)N1CCN(c2ncc(Br)c(OC)n2)CC1. The van der Waals surface area contributed by atoms with E-state index in [1.165, 1.54) is 12.8 Å². The summed E-state index contributed by atoms with van der Waals surface area (Å²) in [4.78, 5) is 17.7. The maximum Gasteiger partial charge on any atom is 0.232 e. The van der Waals surface area contributed by atoms with E-state index in [9.17, 15) is 0 Å². The molecule has 0 unspecified atom stereocenters. The van der Waals surface area contributed by atoms with Crippen LogP contribution < -0.4 is 15.0 Å². The van der Waals surface area contributed by atoms with Crippen LogP contribution in [0.1, 0.15) is 12.8 Å². The van der Waals surface area contributed by atoms with E-state index in [1.54, 1.807) is 13.3 Å². The third-order valence-corrected chi connectivity index (χ3v) is 4.76. The van der Waals surface area contributed by atoms with Crippen LogP contribution in [0.5, 0.6) is 5.88 Å². The fraction of sp³-hybridized carbons (Fsp3) is 0.667. The summed E-state index contributed by atoms with van der Waals surface area (Å²) in [5.41, 5.74) is 0. The number of methoxy groups -OCH3 is 1. The summed E-state index contributed by atoms with van der Waals surface area (Å²) >= 11 is 3.39. The molecule has 1 aliphatic carbocycles. The maximum absolute atomic E-state index is 5.25. The predicted molar refractivity (Wildman–Crippen MR) is 94.2 cm³/mol. The summed E-state index contributed by atoms with van der Waals surface area (Å²) in [5.74, 6) is 3.13. The molecule has 1 aromatic rings. The molecule has 0 radical (unpaired) electrons. The third-order valence-electron chi connectivity index (χ3n) is 4.21. The number of nitrogens with zero attached hydrogens (tertiary/aromatic N) is 5. The average molecular weight is 383 g/mol. The molecule has 0 bridgehead atoms. The number of halogens is 1. The molecular weight excluding hydrogens is 360 g/mol. The van der Waals surface area contributed by atoms with Crippen LogP contribution >= 0.6 is 15.9 Å². The Morgan fingerprint density at radius 1 is 1.39 bits per heavy atom. The van der Waals surface area contributed by atoms with Crippen LogP contribution in [0.2, 0.25) is 0 Å². The number of guanidine groups is 1. The molecule has 8 heteroatoms. The Bertz CT molecular complexity index is 569. The Hall–Kier alpha value is -1.57. The highest BCUT2D eigenvalue weighted by atomic mass is 79.9. The van der Waals surface area contributed by atoms with Crippen molar-refractivity contribution in [3.8, 4) is 5.88 Å². The second kappa shape index (κ2) is 7.33. The Morgan fingerprint density at radius 3 is 2.74 bits per heavy atom. The number of piperazine rings is 1. The second-order valence-corrected chi connectivity index (χ2v) is 6.73. The lowest BCUT2D eigenvalue weighted by molar-refractivity contribution is 0.365. The van der Waals surface area contributed by atoms with Gasteiger partial charge in [0.25, 0.3) is 0 Å². The first-order valence-corrected chi connectivity index (χ1v) is 8.77.